The van der Waals surface area contributed by atoms with Gasteiger partial charge in [-0.25, -0.2) is 13.6 Å². The Hall–Kier alpha value is -2.70. The van der Waals surface area contributed by atoms with Crippen molar-refractivity contribution < 1.29 is 22.7 Å². The maximum absolute atomic E-state index is 13.3. The number of rotatable bonds is 3. The average molecular weight is 335 g/mol. The van der Waals surface area contributed by atoms with Crippen LogP contribution >= 0.6 is 0 Å². The molecule has 1 aromatic carbocycles. The Morgan fingerprint density at radius 2 is 2.04 bits per heavy atom. The zero-order chi connectivity index (χ0) is 17.3. The van der Waals surface area contributed by atoms with Crippen molar-refractivity contribution in [3.8, 4) is 5.75 Å². The lowest BCUT2D eigenvalue weighted by molar-refractivity contribution is 0.0771. The predicted octanol–water partition coefficient (Wildman–Crippen LogP) is 2.52. The molecule has 0 aliphatic carbocycles. The Bertz CT molecular complexity index is 834. The minimum atomic E-state index is -1.06. The van der Waals surface area contributed by atoms with Crippen LogP contribution in [-0.2, 0) is 0 Å². The molecule has 7 heteroatoms. The van der Waals surface area contributed by atoms with E-state index in [0.29, 0.717) is 31.0 Å². The first-order chi connectivity index (χ1) is 11.4. The van der Waals surface area contributed by atoms with Gasteiger partial charge in [0.05, 0.1) is 12.6 Å². The van der Waals surface area contributed by atoms with Gasteiger partial charge in [0.25, 0.3) is 5.91 Å². The zero-order valence-corrected chi connectivity index (χ0v) is 12.9. The third kappa shape index (κ3) is 3.45. The third-order valence-corrected chi connectivity index (χ3v) is 3.77. The highest BCUT2D eigenvalue weighted by Crippen LogP contribution is 2.20. The van der Waals surface area contributed by atoms with E-state index in [0.717, 1.165) is 12.1 Å². The maximum Gasteiger partial charge on any atom is 0.339 e. The number of hydrogen-bond donors (Lipinski definition) is 0. The fourth-order valence-electron chi connectivity index (χ4n) is 2.66. The van der Waals surface area contributed by atoms with Gasteiger partial charge in [-0.3, -0.25) is 4.79 Å². The predicted molar refractivity (Wildman–Crippen MR) is 81.0 cm³/mol. The number of benzene rings is 1. The van der Waals surface area contributed by atoms with E-state index in [2.05, 4.69) is 0 Å². The number of ether oxygens (including phenoxy) is 1. The van der Waals surface area contributed by atoms with Crippen LogP contribution in [0.15, 0.2) is 39.5 Å². The lowest BCUT2D eigenvalue weighted by Gasteiger charge is -2.17. The number of carbonyl (C=O) groups excluding carboxylic acids is 1. The first-order valence-electron chi connectivity index (χ1n) is 7.45. The summed E-state index contributed by atoms with van der Waals surface area (Å²) in [7, 11) is 0. The second-order valence-electron chi connectivity index (χ2n) is 5.63. The summed E-state index contributed by atoms with van der Waals surface area (Å²) in [5, 5.41) is 0. The summed E-state index contributed by atoms with van der Waals surface area (Å²) in [5.74, 6) is -1.61. The Morgan fingerprint density at radius 3 is 2.75 bits per heavy atom. The fraction of sp³-hybridized carbons (Fsp3) is 0.294. The molecule has 3 rings (SSSR count). The van der Waals surface area contributed by atoms with Crippen LogP contribution in [0.3, 0.4) is 0 Å². The molecule has 1 saturated heterocycles. The maximum atomic E-state index is 13.3. The van der Waals surface area contributed by atoms with Crippen LogP contribution in [0.5, 0.6) is 5.75 Å². The molecule has 2 heterocycles. The van der Waals surface area contributed by atoms with Crippen molar-refractivity contribution in [3.05, 3.63) is 63.7 Å². The number of hydrogen-bond acceptors (Lipinski definition) is 4. The molecule has 0 saturated carbocycles. The van der Waals surface area contributed by atoms with Crippen molar-refractivity contribution in [1.29, 1.82) is 0 Å². The molecule has 0 bridgehead atoms. The summed E-state index contributed by atoms with van der Waals surface area (Å²) in [6, 6.07) is 5.91. The SMILES string of the molecule is Cc1cc(O[C@@H]2CCN(C(=O)c3ccc(F)c(F)c3)C2)cc(=O)o1. The summed E-state index contributed by atoms with van der Waals surface area (Å²) in [5.41, 5.74) is -0.413. The molecule has 1 aromatic heterocycles. The first kappa shape index (κ1) is 16.2. The lowest BCUT2D eigenvalue weighted by Crippen LogP contribution is -2.31. The number of aryl methyl sites for hydroxylation is 1. The summed E-state index contributed by atoms with van der Waals surface area (Å²) in [6.07, 6.45) is 0.301. The Kier molecular flexibility index (Phi) is 4.33. The monoisotopic (exact) mass is 335 g/mol. The van der Waals surface area contributed by atoms with Gasteiger partial charge < -0.3 is 14.1 Å². The van der Waals surface area contributed by atoms with Gasteiger partial charge in [-0.1, -0.05) is 0 Å². The molecular formula is C17H15F2NO4. The van der Waals surface area contributed by atoms with Crippen molar-refractivity contribution in [2.24, 2.45) is 0 Å². The number of nitrogens with zero attached hydrogens (tertiary/aromatic N) is 1. The number of amides is 1. The summed E-state index contributed by atoms with van der Waals surface area (Å²) < 4.78 is 36.8. The van der Waals surface area contributed by atoms with Crippen molar-refractivity contribution in [1.82, 2.24) is 4.90 Å². The molecule has 0 radical (unpaired) electrons. The second-order valence-corrected chi connectivity index (χ2v) is 5.63. The molecule has 0 N–H and O–H groups in total. The van der Waals surface area contributed by atoms with Crippen molar-refractivity contribution >= 4 is 5.91 Å². The van der Waals surface area contributed by atoms with Crippen molar-refractivity contribution in [2.45, 2.75) is 19.4 Å². The van der Waals surface area contributed by atoms with Gasteiger partial charge in [0.1, 0.15) is 17.6 Å². The number of carbonyl (C=O) groups is 1. The van der Waals surface area contributed by atoms with Crippen LogP contribution in [0, 0.1) is 18.6 Å². The van der Waals surface area contributed by atoms with E-state index in [9.17, 15) is 18.4 Å². The topological polar surface area (TPSA) is 59.8 Å². The minimum absolute atomic E-state index is 0.0887. The quantitative estimate of drug-likeness (QED) is 0.865. The van der Waals surface area contributed by atoms with E-state index in [1.807, 2.05) is 0 Å². The van der Waals surface area contributed by atoms with Crippen LogP contribution in [0.1, 0.15) is 22.5 Å². The number of halogens is 2. The highest BCUT2D eigenvalue weighted by molar-refractivity contribution is 5.94. The molecule has 126 valence electrons. The second kappa shape index (κ2) is 6.43. The van der Waals surface area contributed by atoms with Gasteiger partial charge in [-0.05, 0) is 25.1 Å². The minimum Gasteiger partial charge on any atom is -0.488 e. The van der Waals surface area contributed by atoms with Crippen LogP contribution in [0.2, 0.25) is 0 Å². The molecule has 24 heavy (non-hydrogen) atoms. The van der Waals surface area contributed by atoms with E-state index in [-0.39, 0.29) is 17.6 Å². The highest BCUT2D eigenvalue weighted by Gasteiger charge is 2.28. The molecule has 0 unspecified atom stereocenters. The van der Waals surface area contributed by atoms with Crippen LogP contribution < -0.4 is 10.4 Å². The third-order valence-electron chi connectivity index (χ3n) is 3.77. The van der Waals surface area contributed by atoms with Crippen LogP contribution in [0.25, 0.3) is 0 Å². The van der Waals surface area contributed by atoms with Gasteiger partial charge in [0.2, 0.25) is 0 Å². The van der Waals surface area contributed by atoms with Gasteiger partial charge in [0, 0.05) is 24.6 Å². The molecule has 2 aromatic rings. The van der Waals surface area contributed by atoms with E-state index in [1.54, 1.807) is 13.0 Å². The first-order valence-corrected chi connectivity index (χ1v) is 7.45. The standard InChI is InChI=1S/C17H15F2NO4/c1-10-6-13(8-16(21)23-10)24-12-4-5-20(9-12)17(22)11-2-3-14(18)15(19)7-11/h2-3,6-8,12H,4-5,9H2,1H3/t12-/m1/s1. The van der Waals surface area contributed by atoms with E-state index >= 15 is 0 Å². The molecule has 5 nitrogen and oxygen atoms in total. The summed E-state index contributed by atoms with van der Waals surface area (Å²) in [4.78, 5) is 25.2. The van der Waals surface area contributed by atoms with Gasteiger partial charge in [0.15, 0.2) is 11.6 Å². The fourth-order valence-corrected chi connectivity index (χ4v) is 2.66. The molecule has 0 spiro atoms. The van der Waals surface area contributed by atoms with Crippen molar-refractivity contribution in [3.63, 3.8) is 0 Å². The Morgan fingerprint density at radius 1 is 1.25 bits per heavy atom. The Balaban J connectivity index is 1.67. The Labute approximate surface area is 136 Å². The van der Waals surface area contributed by atoms with Crippen LogP contribution in [-0.4, -0.2) is 30.0 Å². The van der Waals surface area contributed by atoms with Gasteiger partial charge >= 0.3 is 5.63 Å². The zero-order valence-electron chi connectivity index (χ0n) is 12.9. The van der Waals surface area contributed by atoms with E-state index in [1.165, 1.54) is 17.0 Å². The molecular weight excluding hydrogens is 320 g/mol. The number of likely N-dealkylation sites (tertiary alicyclic amines) is 1. The molecule has 1 aliphatic rings. The van der Waals surface area contributed by atoms with E-state index in [4.69, 9.17) is 9.15 Å². The molecule has 1 atom stereocenters. The lowest BCUT2D eigenvalue weighted by atomic mass is 10.2. The molecule has 1 amide bonds. The molecule has 1 fully saturated rings. The highest BCUT2D eigenvalue weighted by atomic mass is 19.2. The normalized spacial score (nSPS) is 17.1. The van der Waals surface area contributed by atoms with Crippen molar-refractivity contribution in [2.75, 3.05) is 13.1 Å². The van der Waals surface area contributed by atoms with Crippen LogP contribution in [0.4, 0.5) is 8.78 Å². The largest absolute Gasteiger partial charge is 0.488 e. The average Bonchev–Trinajstić information content (AvgIpc) is 2.96. The summed E-state index contributed by atoms with van der Waals surface area (Å²) >= 11 is 0. The van der Waals surface area contributed by atoms with E-state index < -0.39 is 17.3 Å². The summed E-state index contributed by atoms with van der Waals surface area (Å²) in [6.45, 7) is 2.38. The smallest absolute Gasteiger partial charge is 0.339 e. The molecule has 1 aliphatic heterocycles. The van der Waals surface area contributed by atoms with Gasteiger partial charge in [-0.15, -0.1) is 0 Å². The van der Waals surface area contributed by atoms with Gasteiger partial charge in [-0.2, -0.15) is 0 Å².